The Morgan fingerprint density at radius 3 is 2.45 bits per heavy atom. The summed E-state index contributed by atoms with van der Waals surface area (Å²) in [4.78, 5) is 24.2. The van der Waals surface area contributed by atoms with Crippen LogP contribution in [0.4, 0.5) is 0 Å². The van der Waals surface area contributed by atoms with Gasteiger partial charge in [0, 0.05) is 5.39 Å². The van der Waals surface area contributed by atoms with Gasteiger partial charge in [0.15, 0.2) is 0 Å². The molecule has 0 unspecified atom stereocenters. The smallest absolute Gasteiger partial charge is 0.347 e. The second-order valence-corrected chi connectivity index (χ2v) is 4.33. The van der Waals surface area contributed by atoms with Gasteiger partial charge in [-0.1, -0.05) is 30.3 Å². The Hall–Kier alpha value is -2.88. The summed E-state index contributed by atoms with van der Waals surface area (Å²) in [5.41, 5.74) is -0.302. The van der Waals surface area contributed by atoms with Crippen LogP contribution in [0.25, 0.3) is 11.0 Å². The first-order chi connectivity index (χ1) is 9.66. The van der Waals surface area contributed by atoms with E-state index < -0.39 is 11.4 Å². The molecule has 98 valence electrons. The Labute approximate surface area is 113 Å². The monoisotopic (exact) mass is 266 g/mol. The third kappa shape index (κ3) is 1.97. The van der Waals surface area contributed by atoms with E-state index in [0.29, 0.717) is 11.0 Å². The molecule has 2 aromatic carbocycles. The van der Waals surface area contributed by atoms with Gasteiger partial charge in [-0.25, -0.2) is 4.79 Å². The number of phenolic OH excluding ortho intramolecular Hbond substituents is 1. The highest BCUT2D eigenvalue weighted by molar-refractivity contribution is 6.11. The molecular formula is C16H10O4. The molecule has 1 aromatic heterocycles. The average molecular weight is 266 g/mol. The largest absolute Gasteiger partial charge is 0.507 e. The number of carbonyl (C=O) groups is 1. The predicted molar refractivity (Wildman–Crippen MR) is 74.0 cm³/mol. The molecule has 0 aliphatic heterocycles. The minimum absolute atomic E-state index is 0.0788. The maximum absolute atomic E-state index is 12.3. The maximum Gasteiger partial charge on any atom is 0.347 e. The van der Waals surface area contributed by atoms with Gasteiger partial charge in [-0.2, -0.15) is 0 Å². The van der Waals surface area contributed by atoms with Crippen LogP contribution < -0.4 is 5.63 Å². The molecule has 20 heavy (non-hydrogen) atoms. The molecule has 3 aromatic rings. The highest BCUT2D eigenvalue weighted by atomic mass is 16.4. The topological polar surface area (TPSA) is 67.5 Å². The first-order valence-electron chi connectivity index (χ1n) is 6.02. The SMILES string of the molecule is O=C(c1ccccc1O)c1cc2ccccc2oc1=O. The molecule has 0 amide bonds. The van der Waals surface area contributed by atoms with Gasteiger partial charge in [0.05, 0.1) is 5.56 Å². The van der Waals surface area contributed by atoms with Crippen molar-refractivity contribution in [3.8, 4) is 5.75 Å². The minimum Gasteiger partial charge on any atom is -0.507 e. The number of benzene rings is 2. The summed E-state index contributed by atoms with van der Waals surface area (Å²) in [6.07, 6.45) is 0. The molecule has 0 bridgehead atoms. The van der Waals surface area contributed by atoms with Gasteiger partial charge in [0.2, 0.25) is 5.78 Å². The van der Waals surface area contributed by atoms with E-state index in [2.05, 4.69) is 0 Å². The van der Waals surface area contributed by atoms with Crippen molar-refractivity contribution < 1.29 is 14.3 Å². The van der Waals surface area contributed by atoms with E-state index >= 15 is 0 Å². The Bertz CT molecular complexity index is 861. The molecule has 0 aliphatic carbocycles. The van der Waals surface area contributed by atoms with Crippen molar-refractivity contribution in [1.82, 2.24) is 0 Å². The third-order valence-electron chi connectivity index (χ3n) is 3.03. The van der Waals surface area contributed by atoms with Gasteiger partial charge in [-0.3, -0.25) is 4.79 Å². The van der Waals surface area contributed by atoms with Crippen molar-refractivity contribution >= 4 is 16.8 Å². The lowest BCUT2D eigenvalue weighted by Gasteiger charge is -2.03. The van der Waals surface area contributed by atoms with Crippen molar-refractivity contribution in [1.29, 1.82) is 0 Å². The van der Waals surface area contributed by atoms with Crippen molar-refractivity contribution in [3.05, 3.63) is 76.1 Å². The quantitative estimate of drug-likeness (QED) is 0.572. The first-order valence-corrected chi connectivity index (χ1v) is 6.02. The van der Waals surface area contributed by atoms with Crippen LogP contribution in [-0.4, -0.2) is 10.9 Å². The molecule has 0 spiro atoms. The lowest BCUT2D eigenvalue weighted by molar-refractivity contribution is 0.103. The van der Waals surface area contributed by atoms with Gasteiger partial charge in [0.1, 0.15) is 16.9 Å². The molecule has 0 radical (unpaired) electrons. The van der Waals surface area contributed by atoms with E-state index in [9.17, 15) is 14.7 Å². The lowest BCUT2D eigenvalue weighted by Crippen LogP contribution is -2.14. The van der Waals surface area contributed by atoms with E-state index in [1.165, 1.54) is 18.2 Å². The van der Waals surface area contributed by atoms with Crippen LogP contribution in [0.15, 0.2) is 63.8 Å². The molecule has 3 rings (SSSR count). The molecule has 0 atom stereocenters. The van der Waals surface area contributed by atoms with Crippen LogP contribution >= 0.6 is 0 Å². The van der Waals surface area contributed by atoms with Crippen LogP contribution in [-0.2, 0) is 0 Å². The Kier molecular flexibility index (Phi) is 2.84. The highest BCUT2D eigenvalue weighted by Gasteiger charge is 2.18. The predicted octanol–water partition coefficient (Wildman–Crippen LogP) is 2.73. The normalized spacial score (nSPS) is 10.6. The summed E-state index contributed by atoms with van der Waals surface area (Å²) in [5, 5.41) is 10.4. The molecule has 1 N–H and O–H groups in total. The van der Waals surface area contributed by atoms with Gasteiger partial charge in [-0.05, 0) is 24.3 Å². The summed E-state index contributed by atoms with van der Waals surface area (Å²) in [6, 6.07) is 14.5. The van der Waals surface area contributed by atoms with Crippen LogP contribution in [0, 0.1) is 0 Å². The number of phenols is 1. The average Bonchev–Trinajstić information content (AvgIpc) is 2.46. The molecule has 4 nitrogen and oxygen atoms in total. The molecule has 0 fully saturated rings. The van der Waals surface area contributed by atoms with Crippen LogP contribution in [0.5, 0.6) is 5.75 Å². The molecule has 4 heteroatoms. The molecule has 0 aliphatic rings. The van der Waals surface area contributed by atoms with Crippen LogP contribution in [0.2, 0.25) is 0 Å². The zero-order valence-corrected chi connectivity index (χ0v) is 10.4. The zero-order valence-electron chi connectivity index (χ0n) is 10.4. The summed E-state index contributed by atoms with van der Waals surface area (Å²) >= 11 is 0. The minimum atomic E-state index is -0.711. The lowest BCUT2D eigenvalue weighted by atomic mass is 10.0. The number of carbonyl (C=O) groups excluding carboxylic acids is 1. The van der Waals surface area contributed by atoms with E-state index in [1.807, 2.05) is 0 Å². The Morgan fingerprint density at radius 1 is 0.950 bits per heavy atom. The van der Waals surface area contributed by atoms with Crippen molar-refractivity contribution in [2.45, 2.75) is 0 Å². The van der Waals surface area contributed by atoms with Crippen molar-refractivity contribution in [3.63, 3.8) is 0 Å². The summed E-state index contributed by atoms with van der Waals surface area (Å²) < 4.78 is 5.12. The molecule has 0 saturated carbocycles. The molecule has 0 saturated heterocycles. The number of fused-ring (bicyclic) bond motifs is 1. The Balaban J connectivity index is 2.20. The number of hydrogen-bond acceptors (Lipinski definition) is 4. The zero-order chi connectivity index (χ0) is 14.1. The van der Waals surface area contributed by atoms with Crippen LogP contribution in [0.3, 0.4) is 0 Å². The summed E-state index contributed by atoms with van der Waals surface area (Å²) in [5.74, 6) is -0.715. The highest BCUT2D eigenvalue weighted by Crippen LogP contribution is 2.20. The summed E-state index contributed by atoms with van der Waals surface area (Å²) in [6.45, 7) is 0. The van der Waals surface area contributed by atoms with Gasteiger partial charge in [-0.15, -0.1) is 0 Å². The second-order valence-electron chi connectivity index (χ2n) is 4.33. The number of ketones is 1. The van der Waals surface area contributed by atoms with E-state index in [0.717, 1.165) is 0 Å². The third-order valence-corrected chi connectivity index (χ3v) is 3.03. The number of rotatable bonds is 2. The standard InChI is InChI=1S/C16H10O4/c17-13-7-3-2-6-11(13)15(18)12-9-10-5-1-4-8-14(10)20-16(12)19/h1-9,17H. The van der Waals surface area contributed by atoms with Gasteiger partial charge >= 0.3 is 5.63 Å². The second kappa shape index (κ2) is 4.66. The maximum atomic E-state index is 12.3. The number of aromatic hydroxyl groups is 1. The molecular weight excluding hydrogens is 256 g/mol. The Morgan fingerprint density at radius 2 is 1.65 bits per heavy atom. The fraction of sp³-hybridized carbons (Fsp3) is 0. The number of para-hydroxylation sites is 2. The molecule has 1 heterocycles. The van der Waals surface area contributed by atoms with Crippen molar-refractivity contribution in [2.75, 3.05) is 0 Å². The first kappa shape index (κ1) is 12.2. The van der Waals surface area contributed by atoms with E-state index in [4.69, 9.17) is 4.42 Å². The fourth-order valence-corrected chi connectivity index (χ4v) is 2.03. The van der Waals surface area contributed by atoms with Gasteiger partial charge in [0.25, 0.3) is 0 Å². The number of hydrogen-bond donors (Lipinski definition) is 1. The summed E-state index contributed by atoms with van der Waals surface area (Å²) in [7, 11) is 0. The van der Waals surface area contributed by atoms with Crippen molar-refractivity contribution in [2.24, 2.45) is 0 Å². The van der Waals surface area contributed by atoms with E-state index in [1.54, 1.807) is 36.4 Å². The fourth-order valence-electron chi connectivity index (χ4n) is 2.03. The van der Waals surface area contributed by atoms with E-state index in [-0.39, 0.29) is 16.9 Å². The van der Waals surface area contributed by atoms with Gasteiger partial charge < -0.3 is 9.52 Å². The van der Waals surface area contributed by atoms with Crippen LogP contribution in [0.1, 0.15) is 15.9 Å².